The molecule has 1 aromatic heterocycles. The van der Waals surface area contributed by atoms with Crippen molar-refractivity contribution in [2.75, 3.05) is 25.6 Å². The van der Waals surface area contributed by atoms with Gasteiger partial charge in [0.05, 0.1) is 17.9 Å². The quantitative estimate of drug-likeness (QED) is 0.493. The first-order chi connectivity index (χ1) is 15.8. The van der Waals surface area contributed by atoms with Crippen LogP contribution >= 0.6 is 0 Å². The highest BCUT2D eigenvalue weighted by Gasteiger charge is 2.31. The number of rotatable bonds is 8. The zero-order valence-corrected chi connectivity index (χ0v) is 17.9. The highest BCUT2D eigenvalue weighted by molar-refractivity contribution is 5.93. The number of alkyl halides is 3. The summed E-state index contributed by atoms with van der Waals surface area (Å²) < 4.78 is 51.7. The molecule has 174 valence electrons. The molecule has 1 amide bonds. The van der Waals surface area contributed by atoms with Crippen LogP contribution in [0, 0.1) is 5.92 Å². The van der Waals surface area contributed by atoms with E-state index in [1.807, 2.05) is 0 Å². The molecule has 7 nitrogen and oxygen atoms in total. The van der Waals surface area contributed by atoms with E-state index in [4.69, 9.17) is 9.47 Å². The number of amides is 1. The highest BCUT2D eigenvalue weighted by atomic mass is 19.4. The van der Waals surface area contributed by atoms with Crippen LogP contribution in [0.5, 0.6) is 6.01 Å². The van der Waals surface area contributed by atoms with E-state index >= 15 is 0 Å². The molecule has 0 spiro atoms. The Hall–Kier alpha value is -3.40. The van der Waals surface area contributed by atoms with E-state index in [-0.39, 0.29) is 35.8 Å². The molecule has 0 radical (unpaired) electrons. The maximum absolute atomic E-state index is 13.3. The van der Waals surface area contributed by atoms with E-state index < -0.39 is 11.7 Å². The van der Waals surface area contributed by atoms with Gasteiger partial charge < -0.3 is 14.8 Å². The van der Waals surface area contributed by atoms with Crippen LogP contribution in [0.3, 0.4) is 0 Å². The lowest BCUT2D eigenvalue weighted by Gasteiger charge is -2.24. The van der Waals surface area contributed by atoms with Crippen LogP contribution in [0.25, 0.3) is 17.1 Å². The third kappa shape index (κ3) is 5.33. The van der Waals surface area contributed by atoms with Gasteiger partial charge in [-0.3, -0.25) is 4.79 Å². The molecule has 33 heavy (non-hydrogen) atoms. The molecule has 1 aliphatic carbocycles. The number of carbonyl (C=O) groups is 1. The van der Waals surface area contributed by atoms with E-state index in [0.29, 0.717) is 18.0 Å². The molecule has 1 saturated carbocycles. The smallest absolute Gasteiger partial charge is 0.416 e. The Bertz CT molecular complexity index is 1130. The third-order valence-electron chi connectivity index (χ3n) is 5.39. The van der Waals surface area contributed by atoms with Gasteiger partial charge in [0, 0.05) is 24.3 Å². The van der Waals surface area contributed by atoms with Crippen molar-refractivity contribution in [3.05, 3.63) is 54.1 Å². The van der Waals surface area contributed by atoms with Crippen LogP contribution in [-0.2, 0) is 15.7 Å². The fourth-order valence-electron chi connectivity index (χ4n) is 3.40. The largest absolute Gasteiger partial charge is 0.460 e. The van der Waals surface area contributed by atoms with Crippen molar-refractivity contribution in [3.63, 3.8) is 0 Å². The predicted molar refractivity (Wildman–Crippen MR) is 115 cm³/mol. The second-order valence-corrected chi connectivity index (χ2v) is 7.72. The summed E-state index contributed by atoms with van der Waals surface area (Å²) in [5.41, 5.74) is 0.514. The topological polar surface area (TPSA) is 78.3 Å². The first-order valence-corrected chi connectivity index (χ1v) is 10.5. The molecular weight excluding hydrogens is 437 g/mol. The molecule has 1 heterocycles. The lowest BCUT2D eigenvalue weighted by molar-refractivity contribution is -0.137. The van der Waals surface area contributed by atoms with Crippen LogP contribution in [0.15, 0.2) is 48.5 Å². The summed E-state index contributed by atoms with van der Waals surface area (Å²) in [6.07, 6.45) is -1.71. The normalized spacial score (nSPS) is 14.1. The number of aromatic nitrogens is 3. The highest BCUT2D eigenvalue weighted by Crippen LogP contribution is 2.33. The van der Waals surface area contributed by atoms with Crippen LogP contribution in [0.1, 0.15) is 24.8 Å². The van der Waals surface area contributed by atoms with Crippen LogP contribution in [0.4, 0.5) is 18.9 Å². The molecule has 3 aromatic rings. The van der Waals surface area contributed by atoms with Crippen molar-refractivity contribution in [1.82, 2.24) is 14.8 Å². The van der Waals surface area contributed by atoms with Crippen molar-refractivity contribution in [2.45, 2.75) is 25.4 Å². The molecule has 0 saturated heterocycles. The van der Waals surface area contributed by atoms with E-state index in [9.17, 15) is 18.0 Å². The SMILES string of the molecule is COCCOc1nc(-c2cccc(C(F)(F)F)c2)n(-c2cccc(NC(=O)C3CCC3)c2)n1. The second kappa shape index (κ2) is 9.62. The number of anilines is 1. The first-order valence-electron chi connectivity index (χ1n) is 10.5. The van der Waals surface area contributed by atoms with Crippen molar-refractivity contribution in [3.8, 4) is 23.1 Å². The number of carbonyl (C=O) groups excluding carboxylic acids is 1. The summed E-state index contributed by atoms with van der Waals surface area (Å²) in [6.45, 7) is 0.482. The lowest BCUT2D eigenvalue weighted by Crippen LogP contribution is -2.28. The van der Waals surface area contributed by atoms with E-state index in [1.165, 1.54) is 23.9 Å². The Labute approximate surface area is 188 Å². The molecule has 4 rings (SSSR count). The maximum atomic E-state index is 13.3. The fourth-order valence-corrected chi connectivity index (χ4v) is 3.40. The molecule has 0 unspecified atom stereocenters. The summed E-state index contributed by atoms with van der Waals surface area (Å²) in [5, 5.41) is 7.23. The Morgan fingerprint density at radius 2 is 1.94 bits per heavy atom. The summed E-state index contributed by atoms with van der Waals surface area (Å²) in [5.74, 6) is 0.149. The molecule has 0 atom stereocenters. The van der Waals surface area contributed by atoms with Gasteiger partial charge in [-0.15, -0.1) is 5.10 Å². The summed E-state index contributed by atoms with van der Waals surface area (Å²) in [7, 11) is 1.52. The molecule has 2 aromatic carbocycles. The van der Waals surface area contributed by atoms with Gasteiger partial charge in [-0.2, -0.15) is 18.2 Å². The lowest BCUT2D eigenvalue weighted by atomic mass is 9.85. The van der Waals surface area contributed by atoms with Crippen molar-refractivity contribution in [2.24, 2.45) is 5.92 Å². The minimum Gasteiger partial charge on any atom is -0.460 e. The monoisotopic (exact) mass is 460 g/mol. The number of ether oxygens (including phenoxy) is 2. The van der Waals surface area contributed by atoms with Crippen LogP contribution in [-0.4, -0.2) is 41.0 Å². The Balaban J connectivity index is 1.70. The predicted octanol–water partition coefficient (Wildman–Crippen LogP) is 4.72. The van der Waals surface area contributed by atoms with Gasteiger partial charge in [0.25, 0.3) is 0 Å². The van der Waals surface area contributed by atoms with E-state index in [0.717, 1.165) is 31.4 Å². The first kappa shape index (κ1) is 22.8. The number of benzene rings is 2. The Kier molecular flexibility index (Phi) is 6.64. The number of halogens is 3. The number of hydrogen-bond donors (Lipinski definition) is 1. The Morgan fingerprint density at radius 3 is 2.64 bits per heavy atom. The van der Waals surface area contributed by atoms with Gasteiger partial charge in [-0.25, -0.2) is 4.68 Å². The van der Waals surface area contributed by atoms with Crippen molar-refractivity contribution in [1.29, 1.82) is 0 Å². The Morgan fingerprint density at radius 1 is 1.15 bits per heavy atom. The van der Waals surface area contributed by atoms with E-state index in [2.05, 4.69) is 15.4 Å². The minimum absolute atomic E-state index is 0.00312. The average Bonchev–Trinajstić information content (AvgIpc) is 3.17. The number of methoxy groups -OCH3 is 1. The standard InChI is InChI=1S/C23H23F3N4O3/c1-32-11-12-33-22-28-20(16-7-3-8-17(13-16)23(24,25)26)30(29-22)19-10-4-9-18(14-19)27-21(31)15-5-2-6-15/h3-4,7-10,13-15H,2,5-6,11-12H2,1H3,(H,27,31). The van der Waals surface area contributed by atoms with Gasteiger partial charge in [0.2, 0.25) is 5.91 Å². The van der Waals surface area contributed by atoms with Gasteiger partial charge in [-0.1, -0.05) is 24.6 Å². The van der Waals surface area contributed by atoms with Crippen molar-refractivity contribution < 1.29 is 27.4 Å². The number of hydrogen-bond acceptors (Lipinski definition) is 5. The molecule has 0 aliphatic heterocycles. The molecule has 0 bridgehead atoms. The zero-order chi connectivity index (χ0) is 23.4. The van der Waals surface area contributed by atoms with E-state index in [1.54, 1.807) is 24.3 Å². The second-order valence-electron chi connectivity index (χ2n) is 7.72. The number of nitrogens with zero attached hydrogens (tertiary/aromatic N) is 3. The third-order valence-corrected chi connectivity index (χ3v) is 5.39. The van der Waals surface area contributed by atoms with Crippen LogP contribution < -0.4 is 10.1 Å². The molecule has 1 aliphatic rings. The fraction of sp³-hybridized carbons (Fsp3) is 0.348. The average molecular weight is 460 g/mol. The van der Waals surface area contributed by atoms with Gasteiger partial charge in [0.15, 0.2) is 5.82 Å². The van der Waals surface area contributed by atoms with Gasteiger partial charge in [0.1, 0.15) is 6.61 Å². The molecule has 1 fully saturated rings. The molecular formula is C23H23F3N4O3. The molecule has 1 N–H and O–H groups in total. The zero-order valence-electron chi connectivity index (χ0n) is 17.9. The summed E-state index contributed by atoms with van der Waals surface area (Å²) in [4.78, 5) is 16.6. The van der Waals surface area contributed by atoms with Gasteiger partial charge >= 0.3 is 12.2 Å². The summed E-state index contributed by atoms with van der Waals surface area (Å²) in [6, 6.07) is 11.8. The molecule has 10 heteroatoms. The van der Waals surface area contributed by atoms with Crippen molar-refractivity contribution >= 4 is 11.6 Å². The number of nitrogens with one attached hydrogen (secondary N) is 1. The van der Waals surface area contributed by atoms with Crippen LogP contribution in [0.2, 0.25) is 0 Å². The maximum Gasteiger partial charge on any atom is 0.416 e. The minimum atomic E-state index is -4.50. The summed E-state index contributed by atoms with van der Waals surface area (Å²) >= 11 is 0. The van der Waals surface area contributed by atoms with Gasteiger partial charge in [-0.05, 0) is 43.2 Å².